The molecule has 2 N–H and O–H groups in total. The number of pyridine rings is 1. The lowest BCUT2D eigenvalue weighted by atomic mass is 10.1. The van der Waals surface area contributed by atoms with Crippen molar-refractivity contribution in [3.8, 4) is 16.9 Å². The van der Waals surface area contributed by atoms with Crippen LogP contribution >= 0.6 is 11.6 Å². The van der Waals surface area contributed by atoms with Crippen LogP contribution < -0.4 is 10.9 Å². The minimum Gasteiger partial charge on any atom is -0.388 e. The number of hydrogen-bond acceptors (Lipinski definition) is 5. The highest BCUT2D eigenvalue weighted by Crippen LogP contribution is 2.20. The third-order valence-electron chi connectivity index (χ3n) is 4.33. The standard InChI is InChI=1S/C20H16ClF3N4O3/c21-12-5-3-11(4-6-12)15-8-14(19(30)26-17(18(23)24)16(29)9-22)20(31)28(27-15)13-2-1-7-25-10-13/h1-8,10,16-18,29H,9H2,(H,26,30). The van der Waals surface area contributed by atoms with E-state index in [4.69, 9.17) is 11.6 Å². The molecule has 2 aromatic heterocycles. The Labute approximate surface area is 179 Å². The monoisotopic (exact) mass is 452 g/mol. The number of benzene rings is 1. The first kappa shape index (κ1) is 22.4. The predicted octanol–water partition coefficient (Wildman–Crippen LogP) is 2.64. The zero-order valence-corrected chi connectivity index (χ0v) is 16.5. The molecule has 0 aliphatic carbocycles. The molecule has 7 nitrogen and oxygen atoms in total. The predicted molar refractivity (Wildman–Crippen MR) is 107 cm³/mol. The Hall–Kier alpha value is -3.24. The SMILES string of the molecule is O=C(NC(C(F)F)C(O)CF)c1cc(-c2ccc(Cl)cc2)nn(-c2cccnc2)c1=O. The third kappa shape index (κ3) is 5.09. The van der Waals surface area contributed by atoms with Crippen molar-refractivity contribution in [1.82, 2.24) is 20.1 Å². The number of carbonyl (C=O) groups excluding carboxylic acids is 1. The number of halogens is 4. The maximum atomic E-state index is 13.2. The van der Waals surface area contributed by atoms with E-state index in [1.54, 1.807) is 30.3 Å². The van der Waals surface area contributed by atoms with Gasteiger partial charge in [-0.15, -0.1) is 0 Å². The molecule has 3 aromatic rings. The summed E-state index contributed by atoms with van der Waals surface area (Å²) in [4.78, 5) is 29.5. The molecule has 0 saturated carbocycles. The Morgan fingerprint density at radius 3 is 2.52 bits per heavy atom. The maximum absolute atomic E-state index is 13.2. The van der Waals surface area contributed by atoms with E-state index >= 15 is 0 Å². The van der Waals surface area contributed by atoms with Gasteiger partial charge in [-0.05, 0) is 30.3 Å². The molecule has 0 saturated heterocycles. The van der Waals surface area contributed by atoms with E-state index in [0.717, 1.165) is 10.7 Å². The van der Waals surface area contributed by atoms with Crippen LogP contribution in [0.4, 0.5) is 13.2 Å². The summed E-state index contributed by atoms with van der Waals surface area (Å²) >= 11 is 5.89. The zero-order chi connectivity index (χ0) is 22.5. The fourth-order valence-corrected chi connectivity index (χ4v) is 2.85. The normalized spacial score (nSPS) is 13.1. The molecule has 1 amide bonds. The molecule has 0 spiro atoms. The third-order valence-corrected chi connectivity index (χ3v) is 4.58. The van der Waals surface area contributed by atoms with Gasteiger partial charge >= 0.3 is 0 Å². The van der Waals surface area contributed by atoms with Crippen molar-refractivity contribution in [1.29, 1.82) is 0 Å². The lowest BCUT2D eigenvalue weighted by molar-refractivity contribution is 0.00789. The lowest BCUT2D eigenvalue weighted by Gasteiger charge is -2.21. The summed E-state index contributed by atoms with van der Waals surface area (Å²) in [5.41, 5.74) is -0.548. The molecule has 0 aliphatic rings. The van der Waals surface area contributed by atoms with Gasteiger partial charge in [0.2, 0.25) is 0 Å². The summed E-state index contributed by atoms with van der Waals surface area (Å²) in [5.74, 6) is -1.21. The first-order valence-corrected chi connectivity index (χ1v) is 9.33. The van der Waals surface area contributed by atoms with Gasteiger partial charge in [-0.3, -0.25) is 14.6 Å². The van der Waals surface area contributed by atoms with Crippen LogP contribution in [0.2, 0.25) is 5.02 Å². The first-order valence-electron chi connectivity index (χ1n) is 8.95. The molecule has 11 heteroatoms. The molecular formula is C20H16ClF3N4O3. The van der Waals surface area contributed by atoms with Crippen LogP contribution in [0.15, 0.2) is 59.7 Å². The highest BCUT2D eigenvalue weighted by molar-refractivity contribution is 6.30. The van der Waals surface area contributed by atoms with Crippen molar-refractivity contribution in [2.24, 2.45) is 0 Å². The quantitative estimate of drug-likeness (QED) is 0.574. The number of aromatic nitrogens is 3. The van der Waals surface area contributed by atoms with E-state index in [0.29, 0.717) is 10.6 Å². The molecular weight excluding hydrogens is 437 g/mol. The van der Waals surface area contributed by atoms with Gasteiger partial charge < -0.3 is 10.4 Å². The average Bonchev–Trinajstić information content (AvgIpc) is 2.78. The number of nitrogens with one attached hydrogen (secondary N) is 1. The van der Waals surface area contributed by atoms with E-state index < -0.39 is 42.3 Å². The number of carbonyl (C=O) groups is 1. The van der Waals surface area contributed by atoms with E-state index in [9.17, 15) is 27.9 Å². The van der Waals surface area contributed by atoms with Crippen LogP contribution in [-0.2, 0) is 0 Å². The van der Waals surface area contributed by atoms with E-state index in [1.165, 1.54) is 18.5 Å². The minimum atomic E-state index is -3.26. The van der Waals surface area contributed by atoms with Crippen LogP contribution in [0.25, 0.3) is 16.9 Å². The summed E-state index contributed by atoms with van der Waals surface area (Å²) < 4.78 is 40.0. The van der Waals surface area contributed by atoms with Gasteiger partial charge in [0.25, 0.3) is 17.9 Å². The van der Waals surface area contributed by atoms with Crippen molar-refractivity contribution in [3.63, 3.8) is 0 Å². The molecule has 3 rings (SSSR count). The van der Waals surface area contributed by atoms with Crippen LogP contribution in [0.1, 0.15) is 10.4 Å². The van der Waals surface area contributed by atoms with Crippen LogP contribution in [0.5, 0.6) is 0 Å². The van der Waals surface area contributed by atoms with Crippen LogP contribution in [-0.4, -0.2) is 51.0 Å². The summed E-state index contributed by atoms with van der Waals surface area (Å²) in [6, 6.07) is 8.32. The van der Waals surface area contributed by atoms with Crippen molar-refractivity contribution in [2.75, 3.05) is 6.67 Å². The van der Waals surface area contributed by atoms with E-state index in [2.05, 4.69) is 10.1 Å². The van der Waals surface area contributed by atoms with Gasteiger partial charge in [0, 0.05) is 16.8 Å². The number of aliphatic hydroxyl groups is 1. The Morgan fingerprint density at radius 2 is 1.94 bits per heavy atom. The fourth-order valence-electron chi connectivity index (χ4n) is 2.73. The van der Waals surface area contributed by atoms with Gasteiger partial charge in [-0.1, -0.05) is 23.7 Å². The number of nitrogens with zero attached hydrogens (tertiary/aromatic N) is 3. The van der Waals surface area contributed by atoms with Gasteiger partial charge in [0.1, 0.15) is 24.4 Å². The number of amides is 1. The Bertz CT molecular complexity index is 1110. The van der Waals surface area contributed by atoms with E-state index in [1.807, 2.05) is 5.32 Å². The van der Waals surface area contributed by atoms with Gasteiger partial charge in [0.15, 0.2) is 0 Å². The Kier molecular flexibility index (Phi) is 7.03. The molecule has 0 bridgehead atoms. The smallest absolute Gasteiger partial charge is 0.284 e. The number of aliphatic hydroxyl groups excluding tert-OH is 1. The molecule has 162 valence electrons. The Morgan fingerprint density at radius 1 is 1.23 bits per heavy atom. The summed E-state index contributed by atoms with van der Waals surface area (Å²) in [5, 5.41) is 16.0. The second-order valence-corrected chi connectivity index (χ2v) is 6.87. The average molecular weight is 453 g/mol. The maximum Gasteiger partial charge on any atom is 0.284 e. The first-order chi connectivity index (χ1) is 14.8. The largest absolute Gasteiger partial charge is 0.388 e. The molecule has 2 unspecified atom stereocenters. The van der Waals surface area contributed by atoms with Crippen LogP contribution in [0, 0.1) is 0 Å². The molecule has 0 radical (unpaired) electrons. The van der Waals surface area contributed by atoms with Crippen molar-refractivity contribution in [2.45, 2.75) is 18.6 Å². The second-order valence-electron chi connectivity index (χ2n) is 6.43. The highest BCUT2D eigenvalue weighted by atomic mass is 35.5. The summed E-state index contributed by atoms with van der Waals surface area (Å²) in [6.07, 6.45) is -2.59. The van der Waals surface area contributed by atoms with Gasteiger partial charge in [-0.25, -0.2) is 13.2 Å². The Balaban J connectivity index is 2.12. The number of hydrogen-bond donors (Lipinski definition) is 2. The summed E-state index contributed by atoms with van der Waals surface area (Å²) in [6.45, 7) is -1.50. The summed E-state index contributed by atoms with van der Waals surface area (Å²) in [7, 11) is 0. The van der Waals surface area contributed by atoms with Crippen molar-refractivity contribution < 1.29 is 23.1 Å². The number of alkyl halides is 3. The second kappa shape index (κ2) is 9.71. The van der Waals surface area contributed by atoms with Crippen molar-refractivity contribution >= 4 is 17.5 Å². The van der Waals surface area contributed by atoms with Gasteiger partial charge in [-0.2, -0.15) is 9.78 Å². The molecule has 31 heavy (non-hydrogen) atoms. The topological polar surface area (TPSA) is 97.1 Å². The highest BCUT2D eigenvalue weighted by Gasteiger charge is 2.31. The molecule has 0 fully saturated rings. The molecule has 2 heterocycles. The van der Waals surface area contributed by atoms with Crippen LogP contribution in [0.3, 0.4) is 0 Å². The molecule has 2 atom stereocenters. The zero-order valence-electron chi connectivity index (χ0n) is 15.8. The molecule has 1 aromatic carbocycles. The molecule has 0 aliphatic heterocycles. The fraction of sp³-hybridized carbons (Fsp3) is 0.200. The van der Waals surface area contributed by atoms with E-state index in [-0.39, 0.29) is 11.4 Å². The lowest BCUT2D eigenvalue weighted by Crippen LogP contribution is -2.50. The minimum absolute atomic E-state index is 0.171. The number of rotatable bonds is 7. The van der Waals surface area contributed by atoms with Gasteiger partial charge in [0.05, 0.1) is 17.6 Å². The van der Waals surface area contributed by atoms with Crippen molar-refractivity contribution in [3.05, 3.63) is 75.8 Å².